The van der Waals surface area contributed by atoms with E-state index in [0.29, 0.717) is 52.0 Å². The van der Waals surface area contributed by atoms with Gasteiger partial charge in [0, 0.05) is 24.1 Å². The molecule has 2 aromatic carbocycles. The van der Waals surface area contributed by atoms with E-state index >= 15 is 0 Å². The Morgan fingerprint density at radius 3 is 2.51 bits per heavy atom. The summed E-state index contributed by atoms with van der Waals surface area (Å²) in [5, 5.41) is 7.34. The molecule has 0 aliphatic carbocycles. The minimum absolute atomic E-state index is 0.213. The van der Waals surface area contributed by atoms with Gasteiger partial charge in [-0.15, -0.1) is 0 Å². The number of rotatable bonds is 11. The zero-order chi connectivity index (χ0) is 27.2. The van der Waals surface area contributed by atoms with Crippen molar-refractivity contribution in [2.45, 2.75) is 0 Å². The molecule has 0 unspecified atom stereocenters. The molecular weight excluding hydrogens is 511 g/mol. The monoisotopic (exact) mass is 542 g/mol. The first kappa shape index (κ1) is 28.2. The normalized spacial score (nSPS) is 11.2. The van der Waals surface area contributed by atoms with Crippen LogP contribution in [0.15, 0.2) is 61.3 Å². The number of anilines is 5. The number of halogens is 1. The van der Waals surface area contributed by atoms with Gasteiger partial charge in [-0.25, -0.2) is 4.98 Å². The molecule has 0 spiro atoms. The summed E-state index contributed by atoms with van der Waals surface area (Å²) in [5.41, 5.74) is 1.88. The summed E-state index contributed by atoms with van der Waals surface area (Å²) in [7, 11) is 2.90. The molecule has 37 heavy (non-hydrogen) atoms. The smallest absolute Gasteiger partial charge is 0.250 e. The molecule has 11 heteroatoms. The van der Waals surface area contributed by atoms with Gasteiger partial charge in [0.1, 0.15) is 17.9 Å². The average molecular weight is 543 g/mol. The topological polar surface area (TPSA) is 99.7 Å². The first-order valence-corrected chi connectivity index (χ1v) is 14.5. The van der Waals surface area contributed by atoms with Crippen LogP contribution in [0.4, 0.5) is 28.8 Å². The van der Waals surface area contributed by atoms with E-state index < -0.39 is 7.14 Å². The van der Waals surface area contributed by atoms with E-state index in [9.17, 15) is 9.36 Å². The van der Waals surface area contributed by atoms with Gasteiger partial charge in [0.05, 0.1) is 24.7 Å². The number of methoxy groups -OCH3 is 1. The quantitative estimate of drug-likeness (QED) is 0.259. The molecule has 0 fully saturated rings. The van der Waals surface area contributed by atoms with E-state index in [0.717, 1.165) is 0 Å². The van der Waals surface area contributed by atoms with Gasteiger partial charge in [0.2, 0.25) is 11.9 Å². The molecule has 2 N–H and O–H groups in total. The summed E-state index contributed by atoms with van der Waals surface area (Å²) in [6.07, 6.45) is 2.76. The van der Waals surface area contributed by atoms with Crippen LogP contribution in [0.3, 0.4) is 0 Å². The minimum Gasteiger partial charge on any atom is -0.495 e. The maximum absolute atomic E-state index is 12.8. The number of carbonyl (C=O) groups is 1. The van der Waals surface area contributed by atoms with Crippen LogP contribution in [0.5, 0.6) is 5.75 Å². The van der Waals surface area contributed by atoms with E-state index in [1.807, 2.05) is 49.3 Å². The molecule has 1 heterocycles. The molecule has 0 saturated heterocycles. The molecular formula is C26H32ClN6O3P. The minimum atomic E-state index is -2.55. The second-order valence-corrected chi connectivity index (χ2v) is 12.5. The first-order valence-electron chi connectivity index (χ1n) is 11.5. The van der Waals surface area contributed by atoms with Crippen LogP contribution in [-0.2, 0) is 9.36 Å². The van der Waals surface area contributed by atoms with Crippen molar-refractivity contribution >= 4 is 58.8 Å². The molecule has 0 aliphatic rings. The lowest BCUT2D eigenvalue weighted by Gasteiger charge is -2.24. The zero-order valence-corrected chi connectivity index (χ0v) is 23.3. The van der Waals surface area contributed by atoms with Crippen molar-refractivity contribution in [2.75, 3.05) is 63.2 Å². The maximum Gasteiger partial charge on any atom is 0.250 e. The summed E-state index contributed by atoms with van der Waals surface area (Å²) < 4.78 is 18.3. The number of carbonyl (C=O) groups excluding carboxylic acids is 1. The van der Waals surface area contributed by atoms with Gasteiger partial charge in [0.15, 0.2) is 5.82 Å². The molecule has 0 atom stereocenters. The highest BCUT2D eigenvalue weighted by atomic mass is 35.5. The van der Waals surface area contributed by atoms with Gasteiger partial charge in [-0.1, -0.05) is 30.3 Å². The molecule has 1 amide bonds. The first-order chi connectivity index (χ1) is 17.5. The van der Waals surface area contributed by atoms with Crippen LogP contribution in [-0.4, -0.2) is 68.4 Å². The highest BCUT2D eigenvalue weighted by molar-refractivity contribution is 7.70. The lowest BCUT2D eigenvalue weighted by atomic mass is 10.2. The van der Waals surface area contributed by atoms with Gasteiger partial charge in [-0.05, 0) is 63.8 Å². The molecule has 196 valence electrons. The second kappa shape index (κ2) is 12.2. The van der Waals surface area contributed by atoms with E-state index in [1.165, 1.54) is 12.3 Å². The molecule has 3 aromatic rings. The van der Waals surface area contributed by atoms with Crippen molar-refractivity contribution in [3.8, 4) is 5.75 Å². The average Bonchev–Trinajstić information content (AvgIpc) is 2.85. The molecule has 3 rings (SSSR count). The molecule has 1 aromatic heterocycles. The van der Waals surface area contributed by atoms with Gasteiger partial charge < -0.3 is 29.7 Å². The van der Waals surface area contributed by atoms with E-state index in [-0.39, 0.29) is 11.9 Å². The van der Waals surface area contributed by atoms with E-state index in [2.05, 4.69) is 27.2 Å². The highest BCUT2D eigenvalue weighted by Gasteiger charge is 2.19. The number of nitrogens with one attached hydrogen (secondary N) is 2. The third-order valence-electron chi connectivity index (χ3n) is 5.43. The fourth-order valence-electron chi connectivity index (χ4n) is 3.55. The number of amides is 1. The number of para-hydroxylation sites is 1. The third kappa shape index (κ3) is 7.32. The maximum atomic E-state index is 12.8. The Balaban J connectivity index is 1.95. The molecule has 9 nitrogen and oxygen atoms in total. The highest BCUT2D eigenvalue weighted by Crippen LogP contribution is 2.39. The summed E-state index contributed by atoms with van der Waals surface area (Å²) in [6.45, 7) is 8.20. The van der Waals surface area contributed by atoms with Crippen LogP contribution in [0.25, 0.3) is 0 Å². The summed E-state index contributed by atoms with van der Waals surface area (Å²) >= 11 is 6.39. The predicted molar refractivity (Wildman–Crippen MR) is 153 cm³/mol. The molecule has 0 saturated carbocycles. The van der Waals surface area contributed by atoms with Gasteiger partial charge in [-0.3, -0.25) is 4.79 Å². The van der Waals surface area contributed by atoms with Crippen molar-refractivity contribution < 1.29 is 14.1 Å². The van der Waals surface area contributed by atoms with E-state index in [4.69, 9.17) is 16.3 Å². The number of hydrogen-bond donors (Lipinski definition) is 2. The zero-order valence-electron chi connectivity index (χ0n) is 21.7. The Kier molecular flexibility index (Phi) is 9.32. The van der Waals surface area contributed by atoms with Crippen molar-refractivity contribution in [3.05, 3.63) is 66.3 Å². The van der Waals surface area contributed by atoms with Crippen LogP contribution < -0.4 is 25.6 Å². The summed E-state index contributed by atoms with van der Waals surface area (Å²) in [6, 6.07) is 12.7. The SMILES string of the molecule is C=CC(=O)N(CCN(C)C)c1ccc(OC)c(Nc2ncc(Cl)c(Nc3ccccc3P(C)(C)=O)n2)c1. The van der Waals surface area contributed by atoms with Crippen LogP contribution in [0.2, 0.25) is 5.02 Å². The second-order valence-electron chi connectivity index (χ2n) is 8.89. The lowest BCUT2D eigenvalue weighted by Crippen LogP contribution is -2.35. The van der Waals surface area contributed by atoms with Crippen LogP contribution in [0, 0.1) is 0 Å². The standard InChI is InChI=1S/C26H32ClN6O3P/c1-7-24(34)33(15-14-32(2)3)18-12-13-22(36-4)21(16-18)30-26-28-17-19(27)25(31-26)29-20-10-8-9-11-23(20)37(5,6)35/h7-13,16-17H,1,14-15H2,2-6H3,(H2,28,29,30,31). The van der Waals surface area contributed by atoms with Crippen molar-refractivity contribution in [1.29, 1.82) is 0 Å². The largest absolute Gasteiger partial charge is 0.495 e. The number of ether oxygens (including phenoxy) is 1. The molecule has 0 aliphatic heterocycles. The van der Waals surface area contributed by atoms with E-state index in [1.54, 1.807) is 37.5 Å². The fraction of sp³-hybridized carbons (Fsp3) is 0.269. The van der Waals surface area contributed by atoms with Crippen LogP contribution in [0.1, 0.15) is 0 Å². The Morgan fingerprint density at radius 2 is 1.86 bits per heavy atom. The summed E-state index contributed by atoms with van der Waals surface area (Å²) in [5.74, 6) is 0.934. The third-order valence-corrected chi connectivity index (χ3v) is 7.26. The van der Waals surface area contributed by atoms with Crippen LogP contribution >= 0.6 is 18.7 Å². The Morgan fingerprint density at radius 1 is 1.14 bits per heavy atom. The Labute approximate surface area is 222 Å². The number of benzene rings is 2. The van der Waals surface area contributed by atoms with Gasteiger partial charge >= 0.3 is 0 Å². The predicted octanol–water partition coefficient (Wildman–Crippen LogP) is 4.95. The number of aromatic nitrogens is 2. The number of nitrogens with zero attached hydrogens (tertiary/aromatic N) is 4. The molecule has 0 bridgehead atoms. The summed E-state index contributed by atoms with van der Waals surface area (Å²) in [4.78, 5) is 25.0. The van der Waals surface area contributed by atoms with Crippen molar-refractivity contribution in [3.63, 3.8) is 0 Å². The lowest BCUT2D eigenvalue weighted by molar-refractivity contribution is -0.114. The molecule has 0 radical (unpaired) electrons. The number of hydrogen-bond acceptors (Lipinski definition) is 8. The van der Waals surface area contributed by atoms with Gasteiger partial charge in [-0.2, -0.15) is 4.98 Å². The Bertz CT molecular complexity index is 1330. The van der Waals surface area contributed by atoms with Gasteiger partial charge in [0.25, 0.3) is 0 Å². The van der Waals surface area contributed by atoms with Crippen molar-refractivity contribution in [2.24, 2.45) is 0 Å². The van der Waals surface area contributed by atoms with Crippen molar-refractivity contribution in [1.82, 2.24) is 14.9 Å². The fourth-order valence-corrected chi connectivity index (χ4v) is 4.84. The Hall–Kier alpha value is -3.39. The number of likely N-dealkylation sites (N-methyl/N-ethyl adjacent to an activating group) is 1.